The average molecular weight is 489 g/mol. The van der Waals surface area contributed by atoms with Gasteiger partial charge >= 0.3 is 0 Å². The summed E-state index contributed by atoms with van der Waals surface area (Å²) >= 11 is 0. The molecule has 1 amide bonds. The van der Waals surface area contributed by atoms with Crippen LogP contribution in [0.5, 0.6) is 0 Å². The molecule has 35 heavy (non-hydrogen) atoms. The standard InChI is InChI=1S/C29H52N4O2/c1-5-7-24-28-25(6-2)32(29(34)22-12-15-27(30-18-22)35-19(3)4)17-16-26(28)33(31-24)23-13-10-21(11-14-23)20-8-9-20/h19-28,30-31H,5-18H2,1-4H3. The van der Waals surface area contributed by atoms with Crippen molar-refractivity contribution in [1.82, 2.24) is 20.7 Å². The van der Waals surface area contributed by atoms with Crippen LogP contribution in [-0.2, 0) is 9.53 Å². The fourth-order valence-corrected chi connectivity index (χ4v) is 8.18. The quantitative estimate of drug-likeness (QED) is 0.519. The van der Waals surface area contributed by atoms with Crippen LogP contribution in [0.1, 0.15) is 105 Å². The van der Waals surface area contributed by atoms with Gasteiger partial charge in [-0.25, -0.2) is 5.01 Å². The molecule has 0 spiro atoms. The molecule has 6 unspecified atom stereocenters. The van der Waals surface area contributed by atoms with E-state index in [2.05, 4.69) is 48.3 Å². The minimum atomic E-state index is 0.0976. The lowest BCUT2D eigenvalue weighted by atomic mass is 9.77. The molecule has 0 aromatic carbocycles. The van der Waals surface area contributed by atoms with E-state index in [0.717, 1.165) is 50.6 Å². The first kappa shape index (κ1) is 25.9. The third kappa shape index (κ3) is 5.61. The average Bonchev–Trinajstić information content (AvgIpc) is 3.65. The summed E-state index contributed by atoms with van der Waals surface area (Å²) < 4.78 is 5.95. The Morgan fingerprint density at radius 2 is 1.69 bits per heavy atom. The maximum Gasteiger partial charge on any atom is 0.227 e. The molecule has 0 aromatic heterocycles. The normalized spacial score (nSPS) is 40.8. The van der Waals surface area contributed by atoms with Crippen molar-refractivity contribution in [2.75, 3.05) is 13.1 Å². The zero-order chi connectivity index (χ0) is 24.5. The van der Waals surface area contributed by atoms with Gasteiger partial charge in [-0.15, -0.1) is 0 Å². The summed E-state index contributed by atoms with van der Waals surface area (Å²) in [5.41, 5.74) is 4.06. The zero-order valence-electron chi connectivity index (χ0n) is 22.9. The number of hydrogen-bond acceptors (Lipinski definition) is 5. The number of nitrogens with one attached hydrogen (secondary N) is 2. The molecule has 3 aliphatic heterocycles. The largest absolute Gasteiger partial charge is 0.361 e. The van der Waals surface area contributed by atoms with Crippen LogP contribution in [0.25, 0.3) is 0 Å². The lowest BCUT2D eigenvalue weighted by molar-refractivity contribution is -0.144. The number of carbonyl (C=O) groups is 1. The molecule has 2 aliphatic carbocycles. The zero-order valence-corrected chi connectivity index (χ0v) is 22.9. The van der Waals surface area contributed by atoms with Crippen LogP contribution < -0.4 is 10.7 Å². The van der Waals surface area contributed by atoms with Crippen molar-refractivity contribution >= 4 is 5.91 Å². The number of fused-ring (bicyclic) bond motifs is 1. The van der Waals surface area contributed by atoms with Gasteiger partial charge in [0.25, 0.3) is 0 Å². The fraction of sp³-hybridized carbons (Fsp3) is 0.966. The molecular formula is C29H52N4O2. The number of hydrazine groups is 1. The fourth-order valence-electron chi connectivity index (χ4n) is 8.18. The highest BCUT2D eigenvalue weighted by molar-refractivity contribution is 5.79. The Bertz CT molecular complexity index is 697. The van der Waals surface area contributed by atoms with E-state index in [0.29, 0.717) is 36.0 Å². The van der Waals surface area contributed by atoms with Crippen LogP contribution >= 0.6 is 0 Å². The number of hydrogen-bond donors (Lipinski definition) is 2. The minimum absolute atomic E-state index is 0.0976. The van der Waals surface area contributed by atoms with E-state index in [-0.39, 0.29) is 18.2 Å². The first-order valence-corrected chi connectivity index (χ1v) is 15.2. The van der Waals surface area contributed by atoms with Gasteiger partial charge in [0, 0.05) is 43.2 Å². The number of nitrogens with zero attached hydrogens (tertiary/aromatic N) is 2. The number of carbonyl (C=O) groups excluding carboxylic acids is 1. The first-order chi connectivity index (χ1) is 17.0. The molecule has 0 radical (unpaired) electrons. The van der Waals surface area contributed by atoms with Crippen molar-refractivity contribution < 1.29 is 9.53 Å². The van der Waals surface area contributed by atoms with Crippen LogP contribution in [0.3, 0.4) is 0 Å². The highest BCUT2D eigenvalue weighted by Crippen LogP contribution is 2.46. The summed E-state index contributed by atoms with van der Waals surface area (Å²) in [6.45, 7) is 10.5. The molecule has 5 fully saturated rings. The van der Waals surface area contributed by atoms with E-state index in [1.807, 2.05) is 0 Å². The molecule has 200 valence electrons. The molecule has 5 aliphatic rings. The lowest BCUT2D eigenvalue weighted by Gasteiger charge is -2.47. The van der Waals surface area contributed by atoms with Crippen LogP contribution in [0, 0.1) is 23.7 Å². The summed E-state index contributed by atoms with van der Waals surface area (Å²) in [5, 5.41) is 6.24. The van der Waals surface area contributed by atoms with Crippen LogP contribution in [0.15, 0.2) is 0 Å². The maximum absolute atomic E-state index is 13.8. The Balaban J connectivity index is 1.24. The van der Waals surface area contributed by atoms with Gasteiger partial charge in [0.15, 0.2) is 0 Å². The topological polar surface area (TPSA) is 56.8 Å². The van der Waals surface area contributed by atoms with Gasteiger partial charge in [0.1, 0.15) is 6.23 Å². The van der Waals surface area contributed by atoms with Crippen molar-refractivity contribution in [1.29, 1.82) is 0 Å². The monoisotopic (exact) mass is 488 g/mol. The van der Waals surface area contributed by atoms with Crippen molar-refractivity contribution in [3.63, 3.8) is 0 Å². The van der Waals surface area contributed by atoms with E-state index in [9.17, 15) is 4.79 Å². The predicted molar refractivity (Wildman–Crippen MR) is 141 cm³/mol. The predicted octanol–water partition coefficient (Wildman–Crippen LogP) is 4.69. The number of rotatable bonds is 8. The summed E-state index contributed by atoms with van der Waals surface area (Å²) in [6.07, 6.45) is 15.4. The van der Waals surface area contributed by atoms with Crippen molar-refractivity contribution in [3.8, 4) is 0 Å². The number of likely N-dealkylation sites (tertiary alicyclic amines) is 1. The summed E-state index contributed by atoms with van der Waals surface area (Å²) in [7, 11) is 0. The molecule has 2 saturated carbocycles. The summed E-state index contributed by atoms with van der Waals surface area (Å²) in [6, 6.07) is 2.17. The van der Waals surface area contributed by atoms with Gasteiger partial charge in [-0.3, -0.25) is 15.5 Å². The molecule has 3 saturated heterocycles. The highest BCUT2D eigenvalue weighted by Gasteiger charge is 2.52. The number of ether oxygens (including phenoxy) is 1. The molecule has 0 bridgehead atoms. The van der Waals surface area contributed by atoms with Crippen molar-refractivity contribution in [3.05, 3.63) is 0 Å². The Labute approximate surface area is 214 Å². The van der Waals surface area contributed by atoms with E-state index in [1.165, 1.54) is 51.4 Å². The summed E-state index contributed by atoms with van der Waals surface area (Å²) in [4.78, 5) is 16.1. The summed E-state index contributed by atoms with van der Waals surface area (Å²) in [5.74, 6) is 3.12. The van der Waals surface area contributed by atoms with Gasteiger partial charge in [-0.05, 0) is 96.3 Å². The molecular weight excluding hydrogens is 436 g/mol. The van der Waals surface area contributed by atoms with Gasteiger partial charge in [-0.1, -0.05) is 20.3 Å². The third-order valence-electron chi connectivity index (χ3n) is 9.97. The van der Waals surface area contributed by atoms with Gasteiger partial charge in [0.2, 0.25) is 5.91 Å². The Kier molecular flexibility index (Phi) is 8.42. The van der Waals surface area contributed by atoms with Crippen molar-refractivity contribution in [2.45, 2.75) is 141 Å². The number of amides is 1. The van der Waals surface area contributed by atoms with Crippen molar-refractivity contribution in [2.24, 2.45) is 23.7 Å². The highest BCUT2D eigenvalue weighted by atomic mass is 16.5. The minimum Gasteiger partial charge on any atom is -0.361 e. The lowest BCUT2D eigenvalue weighted by Crippen LogP contribution is -2.59. The number of piperidine rings is 2. The second-order valence-corrected chi connectivity index (χ2v) is 12.6. The molecule has 5 rings (SSSR count). The van der Waals surface area contributed by atoms with E-state index >= 15 is 0 Å². The Morgan fingerprint density at radius 3 is 2.26 bits per heavy atom. The smallest absolute Gasteiger partial charge is 0.227 e. The third-order valence-corrected chi connectivity index (χ3v) is 9.97. The van der Waals surface area contributed by atoms with Gasteiger partial charge in [0.05, 0.1) is 12.0 Å². The van der Waals surface area contributed by atoms with Gasteiger partial charge in [-0.2, -0.15) is 0 Å². The molecule has 6 atom stereocenters. The van der Waals surface area contributed by atoms with E-state index in [1.54, 1.807) is 0 Å². The van der Waals surface area contributed by atoms with E-state index in [4.69, 9.17) is 4.74 Å². The first-order valence-electron chi connectivity index (χ1n) is 15.2. The second kappa shape index (κ2) is 11.4. The molecule has 0 aromatic rings. The Hall–Kier alpha value is -0.690. The molecule has 2 N–H and O–H groups in total. The molecule has 6 nitrogen and oxygen atoms in total. The van der Waals surface area contributed by atoms with Crippen LogP contribution in [0.2, 0.25) is 0 Å². The molecule has 3 heterocycles. The molecule has 6 heteroatoms. The maximum atomic E-state index is 13.8. The van der Waals surface area contributed by atoms with Crippen LogP contribution in [0.4, 0.5) is 0 Å². The van der Waals surface area contributed by atoms with Gasteiger partial charge < -0.3 is 9.64 Å². The SMILES string of the molecule is CCCC1NN(C2CCC(C3CC3)CC2)C2CCN(C(=O)C3CCC(OC(C)C)NC3)C(CC)C12. The Morgan fingerprint density at radius 1 is 0.971 bits per heavy atom. The van der Waals surface area contributed by atoms with Crippen LogP contribution in [-0.4, -0.2) is 65.4 Å². The van der Waals surface area contributed by atoms with E-state index < -0.39 is 0 Å². The second-order valence-electron chi connectivity index (χ2n) is 12.6.